The third kappa shape index (κ3) is 3.07. The summed E-state index contributed by atoms with van der Waals surface area (Å²) in [5, 5.41) is 0. The first-order valence-corrected chi connectivity index (χ1v) is 8.09. The first-order chi connectivity index (χ1) is 10.5. The second-order valence-corrected chi connectivity index (χ2v) is 6.23. The Kier molecular flexibility index (Phi) is 5.03. The summed E-state index contributed by atoms with van der Waals surface area (Å²) in [7, 11) is 1.37. The molecule has 22 heavy (non-hydrogen) atoms. The molecule has 0 radical (unpaired) electrons. The molecule has 0 bridgehead atoms. The summed E-state index contributed by atoms with van der Waals surface area (Å²) in [5.74, 6) is -0.389. The van der Waals surface area contributed by atoms with E-state index in [2.05, 4.69) is 0 Å². The largest absolute Gasteiger partial charge is 0.468 e. The first kappa shape index (κ1) is 16.3. The number of ketones is 1. The van der Waals surface area contributed by atoms with Crippen molar-refractivity contribution in [1.29, 1.82) is 0 Å². The number of rotatable bonds is 5. The number of thioether (sulfide) groups is 1. The van der Waals surface area contributed by atoms with Crippen LogP contribution in [0.1, 0.15) is 28.4 Å². The Hall–Kier alpha value is -2.07. The molecule has 0 N–H and O–H groups in total. The van der Waals surface area contributed by atoms with Crippen molar-refractivity contribution >= 4 is 23.5 Å². The van der Waals surface area contributed by atoms with Gasteiger partial charge in [-0.1, -0.05) is 48.5 Å². The summed E-state index contributed by atoms with van der Waals surface area (Å²) < 4.78 is 4.07. The Morgan fingerprint density at radius 1 is 1.00 bits per heavy atom. The molecule has 1 atom stereocenters. The standard InChI is InChI=1S/C18H18O3S/c1-18(22-3,17(20)21-2)15-11-7-10-14(12-15)16(19)13-8-5-4-6-9-13/h4-12H,1-3H3. The van der Waals surface area contributed by atoms with E-state index in [0.29, 0.717) is 11.1 Å². The van der Waals surface area contributed by atoms with Crippen molar-refractivity contribution in [3.63, 3.8) is 0 Å². The molecule has 0 aromatic heterocycles. The van der Waals surface area contributed by atoms with E-state index in [9.17, 15) is 9.59 Å². The summed E-state index contributed by atoms with van der Waals surface area (Å²) in [6.07, 6.45) is 1.85. The molecule has 4 heteroatoms. The van der Waals surface area contributed by atoms with Crippen LogP contribution in [-0.4, -0.2) is 25.1 Å². The minimum atomic E-state index is -0.832. The monoisotopic (exact) mass is 314 g/mol. The smallest absolute Gasteiger partial charge is 0.326 e. The van der Waals surface area contributed by atoms with Crippen molar-refractivity contribution in [3.05, 3.63) is 71.3 Å². The van der Waals surface area contributed by atoms with E-state index in [1.165, 1.54) is 18.9 Å². The molecule has 2 rings (SSSR count). The molecule has 2 aromatic rings. The van der Waals surface area contributed by atoms with Crippen LogP contribution in [0.2, 0.25) is 0 Å². The molecule has 3 nitrogen and oxygen atoms in total. The van der Waals surface area contributed by atoms with Gasteiger partial charge in [0.15, 0.2) is 5.78 Å². The van der Waals surface area contributed by atoms with Gasteiger partial charge in [0.2, 0.25) is 0 Å². The van der Waals surface area contributed by atoms with Crippen LogP contribution in [0.15, 0.2) is 54.6 Å². The van der Waals surface area contributed by atoms with Crippen LogP contribution in [0.25, 0.3) is 0 Å². The number of benzene rings is 2. The number of ether oxygens (including phenoxy) is 1. The van der Waals surface area contributed by atoms with Crippen molar-refractivity contribution < 1.29 is 14.3 Å². The number of methoxy groups -OCH3 is 1. The maximum atomic E-state index is 12.5. The number of hydrogen-bond donors (Lipinski definition) is 0. The Bertz CT molecular complexity index is 682. The highest BCUT2D eigenvalue weighted by atomic mass is 32.2. The minimum absolute atomic E-state index is 0.0595. The Morgan fingerprint density at radius 2 is 1.64 bits per heavy atom. The van der Waals surface area contributed by atoms with Crippen molar-refractivity contribution in [2.24, 2.45) is 0 Å². The van der Waals surface area contributed by atoms with Gasteiger partial charge in [-0.15, -0.1) is 11.8 Å². The van der Waals surface area contributed by atoms with E-state index >= 15 is 0 Å². The van der Waals surface area contributed by atoms with Crippen LogP contribution < -0.4 is 0 Å². The van der Waals surface area contributed by atoms with Crippen LogP contribution in [0.5, 0.6) is 0 Å². The molecule has 114 valence electrons. The van der Waals surface area contributed by atoms with Gasteiger partial charge in [0, 0.05) is 11.1 Å². The van der Waals surface area contributed by atoms with Gasteiger partial charge in [0.25, 0.3) is 0 Å². The molecular weight excluding hydrogens is 296 g/mol. The molecule has 0 aliphatic carbocycles. The SMILES string of the molecule is COC(=O)C(C)(SC)c1cccc(C(=O)c2ccccc2)c1. The highest BCUT2D eigenvalue weighted by Crippen LogP contribution is 2.36. The van der Waals surface area contributed by atoms with Gasteiger partial charge in [0.05, 0.1) is 7.11 Å². The molecule has 0 fully saturated rings. The van der Waals surface area contributed by atoms with E-state index in [0.717, 1.165) is 5.56 Å². The molecule has 0 saturated carbocycles. The van der Waals surface area contributed by atoms with Gasteiger partial charge in [-0.2, -0.15) is 0 Å². The Labute approximate surface area is 134 Å². The number of carbonyl (C=O) groups excluding carboxylic acids is 2. The molecule has 1 unspecified atom stereocenters. The summed E-state index contributed by atoms with van der Waals surface area (Å²) in [5.41, 5.74) is 1.95. The molecular formula is C18H18O3S. The van der Waals surface area contributed by atoms with Crippen LogP contribution in [0.3, 0.4) is 0 Å². The summed E-state index contributed by atoms with van der Waals surface area (Å²) in [6, 6.07) is 16.3. The van der Waals surface area contributed by atoms with Crippen LogP contribution in [0, 0.1) is 0 Å². The van der Waals surface area contributed by atoms with Gasteiger partial charge in [-0.3, -0.25) is 9.59 Å². The fraction of sp³-hybridized carbons (Fsp3) is 0.222. The highest BCUT2D eigenvalue weighted by molar-refractivity contribution is 8.00. The zero-order valence-electron chi connectivity index (χ0n) is 12.8. The molecule has 0 spiro atoms. The quantitative estimate of drug-likeness (QED) is 0.624. The van der Waals surface area contributed by atoms with Crippen molar-refractivity contribution in [3.8, 4) is 0 Å². The lowest BCUT2D eigenvalue weighted by Crippen LogP contribution is -2.30. The maximum absolute atomic E-state index is 12.5. The lowest BCUT2D eigenvalue weighted by molar-refractivity contribution is -0.143. The van der Waals surface area contributed by atoms with E-state index < -0.39 is 4.75 Å². The zero-order valence-corrected chi connectivity index (χ0v) is 13.6. The van der Waals surface area contributed by atoms with Crippen LogP contribution >= 0.6 is 11.8 Å². The fourth-order valence-corrected chi connectivity index (χ4v) is 2.84. The summed E-state index contributed by atoms with van der Waals surface area (Å²) in [4.78, 5) is 24.6. The number of carbonyl (C=O) groups is 2. The highest BCUT2D eigenvalue weighted by Gasteiger charge is 2.36. The lowest BCUT2D eigenvalue weighted by atomic mass is 9.95. The molecule has 2 aromatic carbocycles. The first-order valence-electron chi connectivity index (χ1n) is 6.87. The van der Waals surface area contributed by atoms with Gasteiger partial charge in [-0.05, 0) is 24.8 Å². The van der Waals surface area contributed by atoms with Crippen LogP contribution in [-0.2, 0) is 14.3 Å². The van der Waals surface area contributed by atoms with Gasteiger partial charge < -0.3 is 4.74 Å². The van der Waals surface area contributed by atoms with Gasteiger partial charge in [0.1, 0.15) is 4.75 Å². The third-order valence-electron chi connectivity index (χ3n) is 3.69. The third-order valence-corrected chi connectivity index (χ3v) is 4.91. The normalized spacial score (nSPS) is 13.2. The Balaban J connectivity index is 2.42. The number of esters is 1. The van der Waals surface area contributed by atoms with Crippen LogP contribution in [0.4, 0.5) is 0 Å². The molecule has 0 saturated heterocycles. The van der Waals surface area contributed by atoms with E-state index in [-0.39, 0.29) is 11.8 Å². The molecule has 0 aliphatic heterocycles. The zero-order chi connectivity index (χ0) is 16.2. The van der Waals surface area contributed by atoms with Crippen molar-refractivity contribution in [2.45, 2.75) is 11.7 Å². The lowest BCUT2D eigenvalue weighted by Gasteiger charge is -2.25. The minimum Gasteiger partial charge on any atom is -0.468 e. The Morgan fingerprint density at radius 3 is 2.23 bits per heavy atom. The average molecular weight is 314 g/mol. The fourth-order valence-electron chi connectivity index (χ4n) is 2.23. The maximum Gasteiger partial charge on any atom is 0.326 e. The van der Waals surface area contributed by atoms with E-state index in [1.54, 1.807) is 37.3 Å². The second-order valence-electron chi connectivity index (χ2n) is 5.00. The predicted molar refractivity (Wildman–Crippen MR) is 89.2 cm³/mol. The second kappa shape index (κ2) is 6.79. The average Bonchev–Trinajstić information content (AvgIpc) is 2.60. The van der Waals surface area contributed by atoms with Gasteiger partial charge in [-0.25, -0.2) is 0 Å². The number of hydrogen-bond acceptors (Lipinski definition) is 4. The predicted octanol–water partition coefficient (Wildman–Crippen LogP) is 3.67. The van der Waals surface area contributed by atoms with E-state index in [4.69, 9.17) is 4.74 Å². The molecule has 0 heterocycles. The van der Waals surface area contributed by atoms with E-state index in [1.807, 2.05) is 30.5 Å². The molecule has 0 amide bonds. The van der Waals surface area contributed by atoms with Gasteiger partial charge >= 0.3 is 5.97 Å². The van der Waals surface area contributed by atoms with Crippen molar-refractivity contribution in [2.75, 3.05) is 13.4 Å². The summed E-state index contributed by atoms with van der Waals surface area (Å²) >= 11 is 1.39. The van der Waals surface area contributed by atoms with Crippen molar-refractivity contribution in [1.82, 2.24) is 0 Å². The summed E-state index contributed by atoms with van der Waals surface area (Å²) in [6.45, 7) is 1.80. The molecule has 0 aliphatic rings. The topological polar surface area (TPSA) is 43.4 Å².